The fourth-order valence-corrected chi connectivity index (χ4v) is 13.5. The normalized spacial score (nSPS) is 12.6. The van der Waals surface area contributed by atoms with Crippen molar-refractivity contribution in [2.24, 2.45) is 0 Å². The number of hydrogen-bond acceptors (Lipinski definition) is 5. The van der Waals surface area contributed by atoms with Gasteiger partial charge in [0, 0.05) is 12.8 Å². The zero-order chi connectivity index (χ0) is 66.3. The van der Waals surface area contributed by atoms with Gasteiger partial charge in [-0.1, -0.05) is 436 Å². The molecule has 0 heterocycles. The van der Waals surface area contributed by atoms with Crippen LogP contribution in [-0.2, 0) is 14.3 Å². The lowest BCUT2D eigenvalue weighted by Gasteiger charge is -2.20. The number of amides is 1. The Morgan fingerprint density at radius 2 is 0.543 bits per heavy atom. The van der Waals surface area contributed by atoms with E-state index in [2.05, 4.69) is 43.5 Å². The zero-order valence-corrected chi connectivity index (χ0v) is 62.6. The number of allylic oxidation sites excluding steroid dienone is 5. The number of unbranched alkanes of at least 4 members (excludes halogenated alkanes) is 65. The lowest BCUT2D eigenvalue weighted by Crippen LogP contribution is -2.45. The highest BCUT2D eigenvalue weighted by molar-refractivity contribution is 5.76. The number of carbonyl (C=O) groups excluding carboxylic acids is 2. The number of esters is 1. The summed E-state index contributed by atoms with van der Waals surface area (Å²) < 4.78 is 5.50. The summed E-state index contributed by atoms with van der Waals surface area (Å²) in [4.78, 5) is 24.7. The second-order valence-electron chi connectivity index (χ2n) is 29.2. The van der Waals surface area contributed by atoms with Crippen LogP contribution in [-0.4, -0.2) is 47.4 Å². The molecule has 2 unspecified atom stereocenters. The number of nitrogens with one attached hydrogen (secondary N) is 1. The number of aliphatic hydroxyl groups excluding tert-OH is 2. The Kier molecular flexibility index (Phi) is 79.8. The quantitative estimate of drug-likeness (QED) is 0.0320. The van der Waals surface area contributed by atoms with Crippen LogP contribution in [0.1, 0.15) is 476 Å². The summed E-state index contributed by atoms with van der Waals surface area (Å²) in [7, 11) is 0. The lowest BCUT2D eigenvalue weighted by atomic mass is 10.0. The van der Waals surface area contributed by atoms with Gasteiger partial charge >= 0.3 is 5.97 Å². The van der Waals surface area contributed by atoms with Crippen LogP contribution >= 0.6 is 0 Å². The minimum Gasteiger partial charge on any atom is -0.466 e. The molecule has 6 nitrogen and oxygen atoms in total. The Morgan fingerprint density at radius 1 is 0.304 bits per heavy atom. The molecule has 1 amide bonds. The first-order valence-electron chi connectivity index (χ1n) is 42.3. The van der Waals surface area contributed by atoms with Crippen molar-refractivity contribution in [3.05, 3.63) is 36.5 Å². The van der Waals surface area contributed by atoms with Gasteiger partial charge in [-0.15, -0.1) is 0 Å². The Bertz CT molecular complexity index is 1490. The molecule has 6 heteroatoms. The van der Waals surface area contributed by atoms with Crippen LogP contribution in [0, 0.1) is 0 Å². The molecule has 0 saturated carbocycles. The van der Waals surface area contributed by atoms with Crippen LogP contribution in [0.2, 0.25) is 0 Å². The molecule has 2 atom stereocenters. The molecule has 0 radical (unpaired) electrons. The fraction of sp³-hybridized carbons (Fsp3) is 0.907. The maximum atomic E-state index is 12.6. The highest BCUT2D eigenvalue weighted by Gasteiger charge is 2.18. The standard InChI is InChI=1S/C86H165NO5/c1-3-5-7-9-11-13-15-17-19-20-21-22-23-35-38-41-44-47-51-54-58-62-66-70-74-78-84(89)83(82-88)87-85(90)79-75-71-67-63-59-55-52-48-45-42-39-36-33-31-29-27-25-24-26-28-30-32-34-37-40-43-46-49-53-57-61-65-69-73-77-81-92-86(91)80-76-72-68-64-60-56-50-18-16-14-12-10-8-6-4-2/h26,28,32,34,74,78,83-84,88-89H,3-25,27,29-31,33,35-73,75-77,79-82H2,1-2H3,(H,87,90)/b28-26-,34-32-,78-74+. The minimum absolute atomic E-state index is 0.0204. The van der Waals surface area contributed by atoms with Crippen LogP contribution in [0.4, 0.5) is 0 Å². The molecular formula is C86H165NO5. The van der Waals surface area contributed by atoms with Crippen molar-refractivity contribution in [2.45, 2.75) is 488 Å². The Hall–Kier alpha value is -1.92. The topological polar surface area (TPSA) is 95.9 Å². The summed E-state index contributed by atoms with van der Waals surface area (Å²) >= 11 is 0. The van der Waals surface area contributed by atoms with Crippen molar-refractivity contribution in [1.82, 2.24) is 5.32 Å². The van der Waals surface area contributed by atoms with Crippen molar-refractivity contribution in [3.8, 4) is 0 Å². The average Bonchev–Trinajstić information content (AvgIpc) is 3.59. The lowest BCUT2D eigenvalue weighted by molar-refractivity contribution is -0.143. The molecule has 0 spiro atoms. The van der Waals surface area contributed by atoms with Gasteiger partial charge in [-0.05, 0) is 64.2 Å². The van der Waals surface area contributed by atoms with E-state index in [1.807, 2.05) is 6.08 Å². The first kappa shape index (κ1) is 90.1. The van der Waals surface area contributed by atoms with Gasteiger partial charge < -0.3 is 20.3 Å². The van der Waals surface area contributed by atoms with E-state index in [1.165, 1.54) is 405 Å². The second kappa shape index (κ2) is 81.5. The van der Waals surface area contributed by atoms with E-state index in [9.17, 15) is 19.8 Å². The third-order valence-electron chi connectivity index (χ3n) is 19.9. The second-order valence-corrected chi connectivity index (χ2v) is 29.2. The van der Waals surface area contributed by atoms with Crippen molar-refractivity contribution in [2.75, 3.05) is 13.2 Å². The molecule has 0 aliphatic rings. The van der Waals surface area contributed by atoms with Crippen LogP contribution in [0.15, 0.2) is 36.5 Å². The van der Waals surface area contributed by atoms with Crippen molar-refractivity contribution in [3.63, 3.8) is 0 Å². The number of aliphatic hydroxyl groups is 2. The van der Waals surface area contributed by atoms with E-state index in [4.69, 9.17) is 4.74 Å². The van der Waals surface area contributed by atoms with Gasteiger partial charge in [-0.3, -0.25) is 9.59 Å². The summed E-state index contributed by atoms with van der Waals surface area (Å²) in [6, 6.07) is -0.628. The maximum Gasteiger partial charge on any atom is 0.305 e. The van der Waals surface area contributed by atoms with Crippen molar-refractivity contribution >= 4 is 11.9 Å². The van der Waals surface area contributed by atoms with E-state index >= 15 is 0 Å². The SMILES string of the molecule is CCCCCCCCCCCCCCCCCCCCCCCCC/C=C/C(O)C(CO)NC(=O)CCCCCCCCCCCCCCCCCCC/C=C\C/C=C\CCCCCCCCCCCCCOC(=O)CCCCCCCCCCCCCCCCC. The number of hydrogen-bond donors (Lipinski definition) is 3. The van der Waals surface area contributed by atoms with E-state index < -0.39 is 12.1 Å². The molecule has 0 aliphatic heterocycles. The maximum absolute atomic E-state index is 12.6. The highest BCUT2D eigenvalue weighted by Crippen LogP contribution is 2.20. The molecule has 0 bridgehead atoms. The molecule has 544 valence electrons. The number of carbonyl (C=O) groups is 2. The molecule has 0 aliphatic carbocycles. The van der Waals surface area contributed by atoms with E-state index in [-0.39, 0.29) is 18.5 Å². The number of ether oxygens (including phenoxy) is 1. The molecular weight excluding hydrogens is 1130 g/mol. The summed E-state index contributed by atoms with van der Waals surface area (Å²) in [6.45, 7) is 4.96. The summed E-state index contributed by atoms with van der Waals surface area (Å²) in [5, 5.41) is 23.3. The van der Waals surface area contributed by atoms with Crippen LogP contribution in [0.5, 0.6) is 0 Å². The Balaban J connectivity index is 3.39. The van der Waals surface area contributed by atoms with Crippen LogP contribution < -0.4 is 5.32 Å². The third-order valence-corrected chi connectivity index (χ3v) is 19.9. The van der Waals surface area contributed by atoms with Gasteiger partial charge in [0.25, 0.3) is 0 Å². The average molecular weight is 1290 g/mol. The minimum atomic E-state index is -0.845. The molecule has 0 aromatic carbocycles. The van der Waals surface area contributed by atoms with Gasteiger partial charge in [0.2, 0.25) is 5.91 Å². The first-order chi connectivity index (χ1) is 45.5. The summed E-state index contributed by atoms with van der Waals surface area (Å²) in [6.07, 6.45) is 107. The van der Waals surface area contributed by atoms with Crippen molar-refractivity contribution < 1.29 is 24.5 Å². The van der Waals surface area contributed by atoms with Gasteiger partial charge in [0.05, 0.1) is 25.4 Å². The molecule has 0 aromatic rings. The predicted octanol–water partition coefficient (Wildman–Crippen LogP) is 28.2. The van der Waals surface area contributed by atoms with Crippen LogP contribution in [0.3, 0.4) is 0 Å². The number of rotatable bonds is 80. The van der Waals surface area contributed by atoms with Gasteiger partial charge in [-0.25, -0.2) is 0 Å². The molecule has 3 N–H and O–H groups in total. The van der Waals surface area contributed by atoms with Crippen LogP contribution in [0.25, 0.3) is 0 Å². The van der Waals surface area contributed by atoms with Gasteiger partial charge in [0.1, 0.15) is 0 Å². The smallest absolute Gasteiger partial charge is 0.305 e. The molecule has 0 fully saturated rings. The van der Waals surface area contributed by atoms with E-state index in [1.54, 1.807) is 6.08 Å². The monoisotopic (exact) mass is 1290 g/mol. The zero-order valence-electron chi connectivity index (χ0n) is 62.6. The highest BCUT2D eigenvalue weighted by atomic mass is 16.5. The Labute approximate surface area is 576 Å². The van der Waals surface area contributed by atoms with E-state index in [0.29, 0.717) is 19.4 Å². The van der Waals surface area contributed by atoms with Gasteiger partial charge in [-0.2, -0.15) is 0 Å². The predicted molar refractivity (Wildman–Crippen MR) is 407 cm³/mol. The van der Waals surface area contributed by atoms with Crippen molar-refractivity contribution in [1.29, 1.82) is 0 Å². The fourth-order valence-electron chi connectivity index (χ4n) is 13.5. The molecule has 92 heavy (non-hydrogen) atoms. The van der Waals surface area contributed by atoms with E-state index in [0.717, 1.165) is 44.9 Å². The first-order valence-corrected chi connectivity index (χ1v) is 42.3. The largest absolute Gasteiger partial charge is 0.466 e. The molecule has 0 rings (SSSR count). The van der Waals surface area contributed by atoms with Gasteiger partial charge in [0.15, 0.2) is 0 Å². The summed E-state index contributed by atoms with van der Waals surface area (Å²) in [5.74, 6) is -0.0398. The molecule has 0 aromatic heterocycles. The third kappa shape index (κ3) is 77.1. The molecule has 0 saturated heterocycles. The Morgan fingerprint density at radius 3 is 0.826 bits per heavy atom. The summed E-state index contributed by atoms with van der Waals surface area (Å²) in [5.41, 5.74) is 0.